The van der Waals surface area contributed by atoms with Gasteiger partial charge in [0, 0.05) is 23.6 Å². The number of imidazole rings is 1. The summed E-state index contributed by atoms with van der Waals surface area (Å²) in [6.45, 7) is 0. The van der Waals surface area contributed by atoms with E-state index in [9.17, 15) is 0 Å². The molecule has 62 valence electrons. The van der Waals surface area contributed by atoms with Gasteiger partial charge in [-0.25, -0.2) is 4.98 Å². The molecule has 0 saturated carbocycles. The van der Waals surface area contributed by atoms with E-state index < -0.39 is 0 Å². The van der Waals surface area contributed by atoms with Crippen molar-refractivity contribution < 1.29 is 0 Å². The maximum atomic E-state index is 5.25. The zero-order chi connectivity index (χ0) is 9.10. The quantitative estimate of drug-likeness (QED) is 0.594. The molecule has 0 aliphatic rings. The molecule has 0 bridgehead atoms. The van der Waals surface area contributed by atoms with E-state index in [4.69, 9.17) is 6.42 Å². The lowest BCUT2D eigenvalue weighted by atomic mass is 10.2. The van der Waals surface area contributed by atoms with Crippen molar-refractivity contribution >= 4 is 0 Å². The van der Waals surface area contributed by atoms with E-state index in [1.54, 1.807) is 12.5 Å². The second kappa shape index (κ2) is 3.16. The summed E-state index contributed by atoms with van der Waals surface area (Å²) >= 11 is 0. The summed E-state index contributed by atoms with van der Waals surface area (Å²) in [6, 6.07) is 7.76. The van der Waals surface area contributed by atoms with Crippen LogP contribution in [0.1, 0.15) is 5.56 Å². The van der Waals surface area contributed by atoms with E-state index in [1.165, 1.54) is 0 Å². The van der Waals surface area contributed by atoms with Gasteiger partial charge in [-0.3, -0.25) is 0 Å². The van der Waals surface area contributed by atoms with Crippen LogP contribution in [0.4, 0.5) is 0 Å². The SMILES string of the molecule is C#Cc1ccc(-n2ccnc2)cc1. The molecule has 0 spiro atoms. The Morgan fingerprint density at radius 1 is 1.23 bits per heavy atom. The average Bonchev–Trinajstić information content (AvgIpc) is 2.71. The highest BCUT2D eigenvalue weighted by Crippen LogP contribution is 2.07. The van der Waals surface area contributed by atoms with Crippen molar-refractivity contribution in [2.45, 2.75) is 0 Å². The fourth-order valence-corrected chi connectivity index (χ4v) is 1.14. The van der Waals surface area contributed by atoms with Crippen LogP contribution in [0.5, 0.6) is 0 Å². The van der Waals surface area contributed by atoms with Crippen molar-refractivity contribution in [3.8, 4) is 18.0 Å². The number of benzene rings is 1. The van der Waals surface area contributed by atoms with E-state index in [1.807, 2.05) is 35.0 Å². The van der Waals surface area contributed by atoms with Crippen LogP contribution in [0.25, 0.3) is 5.69 Å². The molecular formula is C11H8N2. The lowest BCUT2D eigenvalue weighted by Gasteiger charge is -2.00. The molecule has 1 heterocycles. The van der Waals surface area contributed by atoms with Gasteiger partial charge in [0.25, 0.3) is 0 Å². The van der Waals surface area contributed by atoms with Gasteiger partial charge in [0.1, 0.15) is 0 Å². The summed E-state index contributed by atoms with van der Waals surface area (Å²) in [6.07, 6.45) is 10.6. The smallest absolute Gasteiger partial charge is 0.0991 e. The lowest BCUT2D eigenvalue weighted by molar-refractivity contribution is 1.06. The first kappa shape index (κ1) is 7.63. The summed E-state index contributed by atoms with van der Waals surface area (Å²) in [5.41, 5.74) is 1.96. The third-order valence-electron chi connectivity index (χ3n) is 1.84. The topological polar surface area (TPSA) is 17.8 Å². The fraction of sp³-hybridized carbons (Fsp3) is 0. The van der Waals surface area contributed by atoms with Crippen molar-refractivity contribution in [1.29, 1.82) is 0 Å². The largest absolute Gasteiger partial charge is 0.306 e. The van der Waals surface area contributed by atoms with Crippen LogP contribution in [-0.2, 0) is 0 Å². The summed E-state index contributed by atoms with van der Waals surface area (Å²) in [5, 5.41) is 0. The van der Waals surface area contributed by atoms with Crippen molar-refractivity contribution in [2.75, 3.05) is 0 Å². The molecule has 0 aliphatic heterocycles. The minimum atomic E-state index is 0.892. The fourth-order valence-electron chi connectivity index (χ4n) is 1.14. The van der Waals surface area contributed by atoms with Gasteiger partial charge in [-0.05, 0) is 24.3 Å². The van der Waals surface area contributed by atoms with Crippen LogP contribution in [-0.4, -0.2) is 9.55 Å². The molecule has 0 amide bonds. The standard InChI is InChI=1S/C11H8N2/c1-2-10-3-5-11(6-4-10)13-8-7-12-9-13/h1,3-9H. The first-order chi connectivity index (χ1) is 6.40. The predicted molar refractivity (Wildman–Crippen MR) is 51.5 cm³/mol. The summed E-state index contributed by atoms with van der Waals surface area (Å²) < 4.78 is 1.93. The molecule has 13 heavy (non-hydrogen) atoms. The van der Waals surface area contributed by atoms with Crippen LogP contribution >= 0.6 is 0 Å². The lowest BCUT2D eigenvalue weighted by Crippen LogP contribution is -1.88. The van der Waals surface area contributed by atoms with Gasteiger partial charge in [-0.2, -0.15) is 0 Å². The zero-order valence-corrected chi connectivity index (χ0v) is 7.01. The van der Waals surface area contributed by atoms with E-state index in [-0.39, 0.29) is 0 Å². The van der Waals surface area contributed by atoms with Gasteiger partial charge < -0.3 is 4.57 Å². The van der Waals surface area contributed by atoms with Crippen molar-refractivity contribution in [3.63, 3.8) is 0 Å². The van der Waals surface area contributed by atoms with Crippen LogP contribution in [0.2, 0.25) is 0 Å². The Morgan fingerprint density at radius 2 is 2.00 bits per heavy atom. The Labute approximate surface area is 76.9 Å². The highest BCUT2D eigenvalue weighted by atomic mass is 15.0. The van der Waals surface area contributed by atoms with Crippen LogP contribution in [0, 0.1) is 12.3 Å². The Kier molecular flexibility index (Phi) is 1.85. The normalized spacial score (nSPS) is 9.46. The molecular weight excluding hydrogens is 160 g/mol. The molecule has 2 nitrogen and oxygen atoms in total. The van der Waals surface area contributed by atoms with Gasteiger partial charge in [0.15, 0.2) is 0 Å². The van der Waals surface area contributed by atoms with Crippen LogP contribution in [0.3, 0.4) is 0 Å². The number of rotatable bonds is 1. The zero-order valence-electron chi connectivity index (χ0n) is 7.01. The second-order valence-corrected chi connectivity index (χ2v) is 2.66. The molecule has 0 aliphatic carbocycles. The molecule has 0 radical (unpaired) electrons. The third kappa shape index (κ3) is 1.45. The van der Waals surface area contributed by atoms with E-state index >= 15 is 0 Å². The molecule has 2 aromatic rings. The van der Waals surface area contributed by atoms with E-state index in [0.717, 1.165) is 11.3 Å². The highest BCUT2D eigenvalue weighted by molar-refractivity contribution is 5.40. The third-order valence-corrected chi connectivity index (χ3v) is 1.84. The van der Waals surface area contributed by atoms with Gasteiger partial charge in [0.2, 0.25) is 0 Å². The van der Waals surface area contributed by atoms with Gasteiger partial charge in [-0.1, -0.05) is 5.92 Å². The van der Waals surface area contributed by atoms with Crippen LogP contribution in [0.15, 0.2) is 43.0 Å². The molecule has 1 aromatic carbocycles. The summed E-state index contributed by atoms with van der Waals surface area (Å²) in [4.78, 5) is 3.96. The first-order valence-corrected chi connectivity index (χ1v) is 3.95. The first-order valence-electron chi connectivity index (χ1n) is 3.95. The molecule has 2 rings (SSSR count). The van der Waals surface area contributed by atoms with Crippen LogP contribution < -0.4 is 0 Å². The van der Waals surface area contributed by atoms with Crippen molar-refractivity contribution in [3.05, 3.63) is 48.5 Å². The maximum absolute atomic E-state index is 5.25. The van der Waals surface area contributed by atoms with Gasteiger partial charge in [0.05, 0.1) is 6.33 Å². The molecule has 0 N–H and O–H groups in total. The molecule has 0 fully saturated rings. The highest BCUT2D eigenvalue weighted by Gasteiger charge is 1.93. The van der Waals surface area contributed by atoms with Crippen molar-refractivity contribution in [2.24, 2.45) is 0 Å². The average molecular weight is 168 g/mol. The minimum absolute atomic E-state index is 0.892. The Balaban J connectivity index is 2.40. The summed E-state index contributed by atoms with van der Waals surface area (Å²) in [7, 11) is 0. The van der Waals surface area contributed by atoms with Gasteiger partial charge in [-0.15, -0.1) is 6.42 Å². The maximum Gasteiger partial charge on any atom is 0.0991 e. The Morgan fingerprint density at radius 3 is 2.54 bits per heavy atom. The van der Waals surface area contributed by atoms with E-state index in [2.05, 4.69) is 10.9 Å². The second-order valence-electron chi connectivity index (χ2n) is 2.66. The van der Waals surface area contributed by atoms with Crippen molar-refractivity contribution in [1.82, 2.24) is 9.55 Å². The van der Waals surface area contributed by atoms with Gasteiger partial charge >= 0.3 is 0 Å². The monoisotopic (exact) mass is 168 g/mol. The molecule has 0 saturated heterocycles. The molecule has 0 atom stereocenters. The van der Waals surface area contributed by atoms with E-state index in [0.29, 0.717) is 0 Å². The Hall–Kier alpha value is -2.01. The number of hydrogen-bond donors (Lipinski definition) is 0. The minimum Gasteiger partial charge on any atom is -0.306 e. The molecule has 0 unspecified atom stereocenters. The number of aromatic nitrogens is 2. The number of hydrogen-bond acceptors (Lipinski definition) is 1. The predicted octanol–water partition coefficient (Wildman–Crippen LogP) is 1.85. The summed E-state index contributed by atoms with van der Waals surface area (Å²) in [5.74, 6) is 2.57. The molecule has 1 aromatic heterocycles. The number of nitrogens with zero attached hydrogens (tertiary/aromatic N) is 2. The molecule has 2 heteroatoms. The number of terminal acetylenes is 1. The Bertz CT molecular complexity index is 418.